The van der Waals surface area contributed by atoms with Gasteiger partial charge in [-0.3, -0.25) is 4.79 Å². The van der Waals surface area contributed by atoms with Gasteiger partial charge in [-0.1, -0.05) is 0 Å². The lowest BCUT2D eigenvalue weighted by Crippen LogP contribution is -2.22. The zero-order valence-corrected chi connectivity index (χ0v) is 8.79. The van der Waals surface area contributed by atoms with E-state index in [-0.39, 0.29) is 5.56 Å². The van der Waals surface area contributed by atoms with Gasteiger partial charge in [-0.15, -0.1) is 0 Å². The van der Waals surface area contributed by atoms with Crippen LogP contribution in [-0.2, 0) is 0 Å². The lowest BCUT2D eigenvalue weighted by atomic mass is 10.5. The molecule has 0 aromatic carbocycles. The molecule has 0 unspecified atom stereocenters. The van der Waals surface area contributed by atoms with Crippen molar-refractivity contribution < 1.29 is 0 Å². The molecule has 0 aliphatic rings. The van der Waals surface area contributed by atoms with E-state index in [0.29, 0.717) is 11.6 Å². The molecule has 0 saturated carbocycles. The normalized spacial score (nSPS) is 10.6. The Balaban J connectivity index is 2.55. The van der Waals surface area contributed by atoms with E-state index in [1.807, 2.05) is 14.1 Å². The molecule has 0 spiro atoms. The third-order valence-corrected chi connectivity index (χ3v) is 1.73. The van der Waals surface area contributed by atoms with Crippen LogP contribution in [0.1, 0.15) is 5.82 Å². The predicted octanol–water partition coefficient (Wildman–Crippen LogP) is 0.0518. The Morgan fingerprint density at radius 2 is 2.29 bits per heavy atom. The van der Waals surface area contributed by atoms with Crippen LogP contribution in [0, 0.1) is 6.92 Å². The van der Waals surface area contributed by atoms with Crippen LogP contribution in [0.2, 0.25) is 0 Å². The summed E-state index contributed by atoms with van der Waals surface area (Å²) in [6.07, 6.45) is 0. The Labute approximate surface area is 83.2 Å². The van der Waals surface area contributed by atoms with Crippen LogP contribution in [0.3, 0.4) is 0 Å². The van der Waals surface area contributed by atoms with Gasteiger partial charge in [0.25, 0.3) is 5.56 Å². The van der Waals surface area contributed by atoms with Crippen LogP contribution in [0.25, 0.3) is 0 Å². The monoisotopic (exact) mass is 196 g/mol. The molecule has 78 valence electrons. The van der Waals surface area contributed by atoms with Gasteiger partial charge >= 0.3 is 0 Å². The average molecular weight is 196 g/mol. The first-order chi connectivity index (χ1) is 6.58. The SMILES string of the molecule is Cc1nc(NCCN(C)C)cc(=O)[nH]1. The van der Waals surface area contributed by atoms with Gasteiger partial charge in [0.05, 0.1) is 0 Å². The number of nitrogens with one attached hydrogen (secondary N) is 2. The van der Waals surface area contributed by atoms with Crippen molar-refractivity contribution in [3.63, 3.8) is 0 Å². The second-order valence-corrected chi connectivity index (χ2v) is 3.45. The van der Waals surface area contributed by atoms with Crippen LogP contribution in [0.15, 0.2) is 10.9 Å². The van der Waals surface area contributed by atoms with E-state index in [9.17, 15) is 4.79 Å². The number of nitrogens with zero attached hydrogens (tertiary/aromatic N) is 2. The number of hydrogen-bond acceptors (Lipinski definition) is 4. The van der Waals surface area contributed by atoms with Crippen LogP contribution >= 0.6 is 0 Å². The first-order valence-corrected chi connectivity index (χ1v) is 4.54. The number of hydrogen-bond donors (Lipinski definition) is 2. The fraction of sp³-hybridized carbons (Fsp3) is 0.556. The van der Waals surface area contributed by atoms with Crippen LogP contribution in [0.5, 0.6) is 0 Å². The highest BCUT2D eigenvalue weighted by molar-refractivity contribution is 5.32. The van der Waals surface area contributed by atoms with Gasteiger partial charge in [0.1, 0.15) is 11.6 Å². The smallest absolute Gasteiger partial charge is 0.252 e. The molecule has 0 aliphatic heterocycles. The Hall–Kier alpha value is -1.36. The van der Waals surface area contributed by atoms with Gasteiger partial charge in [-0.2, -0.15) is 0 Å². The van der Waals surface area contributed by atoms with Gasteiger partial charge in [0.2, 0.25) is 0 Å². The minimum absolute atomic E-state index is 0.121. The van der Waals surface area contributed by atoms with Crippen molar-refractivity contribution in [1.29, 1.82) is 0 Å². The number of rotatable bonds is 4. The van der Waals surface area contributed by atoms with E-state index in [1.165, 1.54) is 6.07 Å². The molecule has 0 amide bonds. The van der Waals surface area contributed by atoms with Crippen LogP contribution < -0.4 is 10.9 Å². The quantitative estimate of drug-likeness (QED) is 0.714. The van der Waals surface area contributed by atoms with Crippen molar-refractivity contribution in [2.45, 2.75) is 6.92 Å². The molecular weight excluding hydrogens is 180 g/mol. The minimum atomic E-state index is -0.121. The van der Waals surface area contributed by atoms with E-state index < -0.39 is 0 Å². The maximum atomic E-state index is 11.1. The highest BCUT2D eigenvalue weighted by atomic mass is 16.1. The van der Waals surface area contributed by atoms with Crippen LogP contribution in [0.4, 0.5) is 5.82 Å². The van der Waals surface area contributed by atoms with Gasteiger partial charge in [-0.05, 0) is 21.0 Å². The molecule has 0 radical (unpaired) electrons. The predicted molar refractivity (Wildman–Crippen MR) is 56.6 cm³/mol. The highest BCUT2D eigenvalue weighted by Crippen LogP contribution is 1.96. The molecule has 14 heavy (non-hydrogen) atoms. The molecule has 0 fully saturated rings. The fourth-order valence-electron chi connectivity index (χ4n) is 1.08. The summed E-state index contributed by atoms with van der Waals surface area (Å²) in [5.41, 5.74) is -0.121. The van der Waals surface area contributed by atoms with E-state index in [2.05, 4.69) is 20.2 Å². The molecule has 1 rings (SSSR count). The van der Waals surface area contributed by atoms with Gasteiger partial charge in [-0.25, -0.2) is 4.98 Å². The maximum Gasteiger partial charge on any atom is 0.252 e. The summed E-state index contributed by atoms with van der Waals surface area (Å²) in [6, 6.07) is 1.46. The molecule has 1 heterocycles. The number of likely N-dealkylation sites (N-methyl/N-ethyl adjacent to an activating group) is 1. The summed E-state index contributed by atoms with van der Waals surface area (Å²) < 4.78 is 0. The lowest BCUT2D eigenvalue weighted by molar-refractivity contribution is 0.425. The van der Waals surface area contributed by atoms with Crippen molar-refractivity contribution in [3.05, 3.63) is 22.2 Å². The lowest BCUT2D eigenvalue weighted by Gasteiger charge is -2.10. The molecule has 1 aromatic heterocycles. The Kier molecular flexibility index (Phi) is 3.64. The topological polar surface area (TPSA) is 61.0 Å². The average Bonchev–Trinajstić information content (AvgIpc) is 2.01. The molecule has 0 bridgehead atoms. The Bertz CT molecular complexity index is 345. The standard InChI is InChI=1S/C9H16N4O/c1-7-11-8(6-9(14)12-7)10-4-5-13(2)3/h6H,4-5H2,1-3H3,(H2,10,11,12,14). The second kappa shape index (κ2) is 4.76. The molecule has 5 heteroatoms. The number of H-pyrrole nitrogens is 1. The van der Waals surface area contributed by atoms with Gasteiger partial charge < -0.3 is 15.2 Å². The van der Waals surface area contributed by atoms with E-state index in [1.54, 1.807) is 6.92 Å². The van der Waals surface area contributed by atoms with Crippen molar-refractivity contribution >= 4 is 5.82 Å². The van der Waals surface area contributed by atoms with Gasteiger partial charge in [0, 0.05) is 19.2 Å². The third-order valence-electron chi connectivity index (χ3n) is 1.73. The summed E-state index contributed by atoms with van der Waals surface area (Å²) >= 11 is 0. The number of aromatic amines is 1. The van der Waals surface area contributed by atoms with Crippen molar-refractivity contribution in [3.8, 4) is 0 Å². The van der Waals surface area contributed by atoms with Crippen molar-refractivity contribution in [1.82, 2.24) is 14.9 Å². The maximum absolute atomic E-state index is 11.1. The van der Waals surface area contributed by atoms with Crippen molar-refractivity contribution in [2.24, 2.45) is 0 Å². The largest absolute Gasteiger partial charge is 0.369 e. The molecular formula is C9H16N4O. The molecule has 0 aliphatic carbocycles. The summed E-state index contributed by atoms with van der Waals surface area (Å²) in [5.74, 6) is 1.26. The highest BCUT2D eigenvalue weighted by Gasteiger charge is 1.96. The van der Waals surface area contributed by atoms with Gasteiger partial charge in [0.15, 0.2) is 0 Å². The van der Waals surface area contributed by atoms with Crippen molar-refractivity contribution in [2.75, 3.05) is 32.5 Å². The first-order valence-electron chi connectivity index (χ1n) is 4.54. The van der Waals surface area contributed by atoms with E-state index in [4.69, 9.17) is 0 Å². The molecule has 2 N–H and O–H groups in total. The molecule has 0 saturated heterocycles. The zero-order chi connectivity index (χ0) is 10.6. The minimum Gasteiger partial charge on any atom is -0.369 e. The molecule has 1 aromatic rings. The summed E-state index contributed by atoms with van der Waals surface area (Å²) in [4.78, 5) is 19.9. The summed E-state index contributed by atoms with van der Waals surface area (Å²) in [6.45, 7) is 3.45. The summed E-state index contributed by atoms with van der Waals surface area (Å²) in [5, 5.41) is 3.08. The Morgan fingerprint density at radius 1 is 1.57 bits per heavy atom. The molecule has 0 atom stereocenters. The van der Waals surface area contributed by atoms with E-state index >= 15 is 0 Å². The summed E-state index contributed by atoms with van der Waals surface area (Å²) in [7, 11) is 4.00. The Morgan fingerprint density at radius 3 is 2.86 bits per heavy atom. The first kappa shape index (κ1) is 10.7. The fourth-order valence-corrected chi connectivity index (χ4v) is 1.08. The number of anilines is 1. The molecule has 5 nitrogen and oxygen atoms in total. The number of aryl methyl sites for hydroxylation is 1. The third kappa shape index (κ3) is 3.57. The zero-order valence-electron chi connectivity index (χ0n) is 8.79. The van der Waals surface area contributed by atoms with Crippen LogP contribution in [-0.4, -0.2) is 42.1 Å². The second-order valence-electron chi connectivity index (χ2n) is 3.45. The number of aromatic nitrogens is 2. The van der Waals surface area contributed by atoms with E-state index in [0.717, 1.165) is 13.1 Å².